The number of hydrogen-bond acceptors (Lipinski definition) is 20. The normalized spacial score (nSPS) is 44.4. The maximum atomic E-state index is 15.0. The number of amides is 2. The van der Waals surface area contributed by atoms with Crippen molar-refractivity contribution in [1.82, 2.24) is 0 Å². The molecule has 8 saturated heterocycles. The molecule has 1 aromatic rings. The van der Waals surface area contributed by atoms with Gasteiger partial charge in [-0.2, -0.15) is 0 Å². The highest BCUT2D eigenvalue weighted by Gasteiger charge is 2.66. The van der Waals surface area contributed by atoms with Crippen molar-refractivity contribution in [2.45, 2.75) is 398 Å². The number of nitrogens with one attached hydrogen (secondary N) is 2. The fraction of sp³-hybridized carbons (Fsp3) is 0.844. The number of aliphatic hydroxyl groups is 6. The number of hydrogen-bond donors (Lipinski definition) is 8. The summed E-state index contributed by atoms with van der Waals surface area (Å²) in [5, 5.41) is 76.7. The Bertz CT molecular complexity index is 3230. The Labute approximate surface area is 668 Å². The Balaban J connectivity index is 0.663. The van der Waals surface area contributed by atoms with Crippen LogP contribution in [0.15, 0.2) is 48.6 Å². The molecule has 1 aromatic carbocycles. The minimum Gasteiger partial charge on any atom is -0.392 e. The van der Waals surface area contributed by atoms with Crippen LogP contribution in [0.2, 0.25) is 0 Å². The van der Waals surface area contributed by atoms with Gasteiger partial charge in [0.2, 0.25) is 23.4 Å². The highest BCUT2D eigenvalue weighted by atomic mass is 16.8. The zero-order valence-corrected chi connectivity index (χ0v) is 71.3. The van der Waals surface area contributed by atoms with Crippen molar-refractivity contribution in [1.29, 1.82) is 0 Å². The molecule has 22 heteroatoms. The zero-order valence-electron chi connectivity index (χ0n) is 71.3. The molecule has 10 heterocycles. The van der Waals surface area contributed by atoms with Crippen molar-refractivity contribution in [3.63, 3.8) is 0 Å². The third-order valence-corrected chi connectivity index (χ3v) is 30.4. The number of aliphatic hydroxyl groups excluding tert-OH is 4. The molecule has 0 aromatic heterocycles. The van der Waals surface area contributed by atoms with Crippen molar-refractivity contribution in [2.24, 2.45) is 82.9 Å². The van der Waals surface area contributed by atoms with Crippen LogP contribution in [0, 0.1) is 82.9 Å². The number of anilines is 2. The molecule has 0 aliphatic carbocycles. The van der Waals surface area contributed by atoms with Gasteiger partial charge in [-0.15, -0.1) is 0 Å². The molecule has 10 aliphatic rings. The number of Topliss-reactive ketones (excluding diaryl/α,β-unsaturated/α-hetero) is 2. The number of carbonyl (C=O) groups is 4. The van der Waals surface area contributed by atoms with Gasteiger partial charge in [-0.3, -0.25) is 19.2 Å². The van der Waals surface area contributed by atoms with Gasteiger partial charge in [0.05, 0.1) is 107 Å². The standard InChI is InChI=1S/C90H144N2O20/c1-21-63(67-33-27-49(7)77(105-67)57(15)73(95)55(13)75(97)65(23-3)79-51(9)47-53(11)87(107-79)41-35-69(93)89(111-87)45-43-83(19,109-89)71-37-39-85(101,25-5)59(17)103-71)81(99)91-61-29-31-62(32-30-61)92-82(100)64(22-2)68-34-28-50(8)78(106-68)58(16)74(96)56(14)76(98)66(24-4)80-52(10)48-54(12)88(108-80)42-36-70(94)90(112-88)46-44-84(20,110-90)72-38-40-86(102,26-6)60(18)104-72/h29-32,35-36,41-42,49-60,63-74,77-80,93-96,101-102H,21-28,33-34,37-40,43-48H2,1-20H3,(H,91,99)(H,92,100)/t49-,50-,51-,52-,53+,54+,55-,56-,57-,58-,59-,60-,63+,64+,65-,66-,67+,68+,69+,70+,71+,72+,73+,74+,77+,78+,79-,80-,83-,84-,85+,86+,87-,88-,89-,90-/m0/s1. The summed E-state index contributed by atoms with van der Waals surface area (Å²) in [4.78, 5) is 58.8. The Morgan fingerprint density at radius 1 is 0.455 bits per heavy atom. The quantitative estimate of drug-likeness (QED) is 0.0400. The van der Waals surface area contributed by atoms with Crippen LogP contribution in [-0.4, -0.2) is 185 Å². The van der Waals surface area contributed by atoms with Crippen LogP contribution >= 0.6 is 0 Å². The molecule has 10 aliphatic heterocycles. The first-order valence-corrected chi connectivity index (χ1v) is 43.8. The van der Waals surface area contributed by atoms with Crippen LogP contribution in [-0.2, 0) is 66.5 Å². The summed E-state index contributed by atoms with van der Waals surface area (Å²) >= 11 is 0. The van der Waals surface area contributed by atoms with Gasteiger partial charge in [0.25, 0.3) is 0 Å². The van der Waals surface area contributed by atoms with Crippen LogP contribution < -0.4 is 10.6 Å². The molecule has 36 atom stereocenters. The summed E-state index contributed by atoms with van der Waals surface area (Å²) in [6.07, 6.45) is 9.81. The van der Waals surface area contributed by atoms with Crippen LogP contribution in [0.25, 0.3) is 0 Å². The number of carbonyl (C=O) groups excluding carboxylic acids is 4. The van der Waals surface area contributed by atoms with Gasteiger partial charge in [0.15, 0.2) is 11.6 Å². The Morgan fingerprint density at radius 2 is 0.804 bits per heavy atom. The number of ether oxygens (including phenoxy) is 10. The van der Waals surface area contributed by atoms with Crippen LogP contribution in [0.5, 0.6) is 0 Å². The molecule has 112 heavy (non-hydrogen) atoms. The van der Waals surface area contributed by atoms with E-state index in [0.29, 0.717) is 127 Å². The van der Waals surface area contributed by atoms with Gasteiger partial charge in [-0.1, -0.05) is 111 Å². The van der Waals surface area contributed by atoms with E-state index in [9.17, 15) is 40.2 Å². The number of benzene rings is 1. The highest BCUT2D eigenvalue weighted by Crippen LogP contribution is 2.57. The fourth-order valence-electron chi connectivity index (χ4n) is 22.1. The highest BCUT2D eigenvalue weighted by molar-refractivity contribution is 5.95. The summed E-state index contributed by atoms with van der Waals surface area (Å²) in [7, 11) is 0. The molecule has 0 unspecified atom stereocenters. The third-order valence-electron chi connectivity index (χ3n) is 30.4. The van der Waals surface area contributed by atoms with E-state index < -0.39 is 166 Å². The second-order valence-corrected chi connectivity index (χ2v) is 37.7. The molecule has 8 N–H and O–H groups in total. The molecule has 0 bridgehead atoms. The molecule has 11 rings (SSSR count). The number of rotatable bonds is 26. The van der Waals surface area contributed by atoms with Crippen LogP contribution in [0.1, 0.15) is 267 Å². The fourth-order valence-corrected chi connectivity index (χ4v) is 22.1. The predicted octanol–water partition coefficient (Wildman–Crippen LogP) is 13.8. The molecule has 634 valence electrons. The molecular formula is C90H144N2O20. The summed E-state index contributed by atoms with van der Waals surface area (Å²) in [6, 6.07) is 7.07. The van der Waals surface area contributed by atoms with Crippen molar-refractivity contribution < 1.29 is 97.2 Å². The van der Waals surface area contributed by atoms with E-state index in [1.54, 1.807) is 62.4 Å². The maximum absolute atomic E-state index is 15.0. The second-order valence-electron chi connectivity index (χ2n) is 37.7. The van der Waals surface area contributed by atoms with E-state index in [2.05, 4.69) is 52.2 Å². The lowest BCUT2D eigenvalue weighted by molar-refractivity contribution is -0.409. The Kier molecular flexibility index (Phi) is 27.8. The van der Waals surface area contributed by atoms with Crippen molar-refractivity contribution >= 4 is 34.8 Å². The molecule has 2 amide bonds. The summed E-state index contributed by atoms with van der Waals surface area (Å²) < 4.78 is 68.9. The molecule has 22 nitrogen and oxygen atoms in total. The Morgan fingerprint density at radius 3 is 1.12 bits per heavy atom. The first-order valence-electron chi connectivity index (χ1n) is 43.8. The second kappa shape index (κ2) is 35.0. The van der Waals surface area contributed by atoms with Gasteiger partial charge < -0.3 is 88.6 Å². The van der Waals surface area contributed by atoms with E-state index in [0.717, 1.165) is 12.8 Å². The first kappa shape index (κ1) is 89.1. The topological polar surface area (TPSA) is 306 Å². The lowest BCUT2D eigenvalue weighted by Crippen LogP contribution is -2.63. The number of ketones is 2. The molecule has 8 fully saturated rings. The Hall–Kier alpha value is -3.66. The van der Waals surface area contributed by atoms with E-state index in [-0.39, 0.29) is 71.1 Å². The van der Waals surface area contributed by atoms with Gasteiger partial charge in [-0.05, 0) is 216 Å². The summed E-state index contributed by atoms with van der Waals surface area (Å²) in [5.74, 6) is -11.1. The molecule has 4 spiro atoms. The lowest BCUT2D eigenvalue weighted by atomic mass is 9.72. The molecule has 0 radical (unpaired) electrons. The van der Waals surface area contributed by atoms with Crippen molar-refractivity contribution in [3.8, 4) is 0 Å². The van der Waals surface area contributed by atoms with Crippen molar-refractivity contribution in [3.05, 3.63) is 48.6 Å². The zero-order chi connectivity index (χ0) is 81.9. The van der Waals surface area contributed by atoms with Gasteiger partial charge >= 0.3 is 0 Å². The first-order chi connectivity index (χ1) is 52.7. The average molecular weight is 1570 g/mol. The smallest absolute Gasteiger partial charge is 0.230 e. The lowest BCUT2D eigenvalue weighted by Gasteiger charge is -2.54. The van der Waals surface area contributed by atoms with E-state index >= 15 is 9.59 Å². The SMILES string of the molecule is CC[C@@H](C(=O)[C@@H](C)[C@@H](O)[C@H](C)[C@@H]1O[C@@H]([C@@H](CC)C(=O)Nc2ccc(NC(=O)[C@H](CC)[C@H]3CC[C@H](C)[C@H]([C@@H](C)[C@H](O)[C@H](C)C(=O)[C@H](CC)[C@H]4O[C@]5(C=C[C@@H](O)[C@]6(CC[C@@](C)([C@H]7CC[C@](O)(CC)[C@H](C)O7)O6)O5)[C@H](C)C[C@@H]4C)O3)cc2)CC[C@@H]1C)[C@H]1O[C@]2(C=C[C@@H](O)[C@]3(CC[C@@](C)([C@H]4CC[C@](O)(CC)[C@H](C)O4)O3)O2)[C@H](C)C[C@@H]1C. The maximum Gasteiger partial charge on any atom is 0.230 e. The third kappa shape index (κ3) is 17.1. The van der Waals surface area contributed by atoms with E-state index in [1.807, 2.05) is 83.1 Å². The van der Waals surface area contributed by atoms with Crippen molar-refractivity contribution in [2.75, 3.05) is 10.6 Å². The summed E-state index contributed by atoms with van der Waals surface area (Å²) in [6.45, 7) is 39.6. The summed E-state index contributed by atoms with van der Waals surface area (Å²) in [5.41, 5.74) is -2.33. The van der Waals surface area contributed by atoms with E-state index in [4.69, 9.17) is 47.4 Å². The largest absolute Gasteiger partial charge is 0.392 e. The molecular weight excluding hydrogens is 1430 g/mol. The minimum absolute atomic E-state index is 0.0336. The van der Waals surface area contributed by atoms with E-state index in [1.165, 1.54) is 0 Å². The monoisotopic (exact) mass is 1570 g/mol. The predicted molar refractivity (Wildman–Crippen MR) is 426 cm³/mol. The van der Waals surface area contributed by atoms with Gasteiger partial charge in [0.1, 0.15) is 23.8 Å². The van der Waals surface area contributed by atoms with Crippen LogP contribution in [0.4, 0.5) is 11.4 Å². The average Bonchev–Trinajstić information content (AvgIpc) is 1.49. The van der Waals surface area contributed by atoms with Gasteiger partial charge in [0, 0.05) is 71.6 Å². The minimum atomic E-state index is -1.42. The molecule has 0 saturated carbocycles. The van der Waals surface area contributed by atoms with Crippen LogP contribution in [0.3, 0.4) is 0 Å². The van der Waals surface area contributed by atoms with Gasteiger partial charge in [-0.25, -0.2) is 0 Å².